The first-order valence-electron chi connectivity index (χ1n) is 8.04. The van der Waals surface area contributed by atoms with Gasteiger partial charge in [0.05, 0.1) is 13.2 Å². The van der Waals surface area contributed by atoms with Crippen molar-refractivity contribution in [1.82, 2.24) is 0 Å². The first kappa shape index (κ1) is 20.2. The molecule has 0 heterocycles. The van der Waals surface area contributed by atoms with Crippen molar-refractivity contribution in [3.8, 4) is 11.8 Å². The van der Waals surface area contributed by atoms with Crippen LogP contribution in [0.3, 0.4) is 0 Å². The molecule has 0 saturated carbocycles. The molecular formula is C20H22O5. The van der Waals surface area contributed by atoms with E-state index in [4.69, 9.17) is 9.47 Å². The van der Waals surface area contributed by atoms with Gasteiger partial charge >= 0.3 is 11.9 Å². The largest absolute Gasteiger partial charge is 0.465 e. The van der Waals surface area contributed by atoms with Crippen LogP contribution in [0, 0.1) is 17.3 Å². The zero-order chi connectivity index (χ0) is 18.7. The predicted molar refractivity (Wildman–Crippen MR) is 93.8 cm³/mol. The van der Waals surface area contributed by atoms with Crippen molar-refractivity contribution in [3.05, 3.63) is 48.0 Å². The number of allylic oxidation sites excluding steroid dienone is 1. The summed E-state index contributed by atoms with van der Waals surface area (Å²) in [6.45, 7) is 7.21. The summed E-state index contributed by atoms with van der Waals surface area (Å²) in [7, 11) is 0. The maximum atomic E-state index is 12.4. The Morgan fingerprint density at radius 1 is 1.16 bits per heavy atom. The van der Waals surface area contributed by atoms with Gasteiger partial charge in [-0.05, 0) is 26.3 Å². The third kappa shape index (κ3) is 5.05. The van der Waals surface area contributed by atoms with Gasteiger partial charge in [-0.3, -0.25) is 14.4 Å². The third-order valence-electron chi connectivity index (χ3n) is 3.53. The highest BCUT2D eigenvalue weighted by Gasteiger charge is 2.47. The van der Waals surface area contributed by atoms with E-state index in [0.717, 1.165) is 0 Å². The second-order valence-corrected chi connectivity index (χ2v) is 5.20. The Kier molecular flexibility index (Phi) is 8.14. The molecule has 0 bridgehead atoms. The molecule has 1 aromatic rings. The molecule has 0 aromatic heterocycles. The highest BCUT2D eigenvalue weighted by Crippen LogP contribution is 2.31. The van der Waals surface area contributed by atoms with Crippen molar-refractivity contribution in [2.24, 2.45) is 5.41 Å². The van der Waals surface area contributed by atoms with Gasteiger partial charge in [0.2, 0.25) is 0 Å². The summed E-state index contributed by atoms with van der Waals surface area (Å²) in [4.78, 5) is 35.9. The Bertz CT molecular complexity index is 676. The van der Waals surface area contributed by atoms with Crippen molar-refractivity contribution in [3.63, 3.8) is 0 Å². The smallest absolute Gasteiger partial charge is 0.324 e. The minimum absolute atomic E-state index is 0.0503. The number of rotatable bonds is 8. The SMILES string of the molecule is C=CCC(CC#Cc1ccccc1C=O)(C(=O)OCC)C(=O)OCC. The number of hydrogen-bond acceptors (Lipinski definition) is 5. The Labute approximate surface area is 148 Å². The maximum Gasteiger partial charge on any atom is 0.324 e. The molecule has 0 aliphatic rings. The average molecular weight is 342 g/mol. The Morgan fingerprint density at radius 2 is 1.76 bits per heavy atom. The highest BCUT2D eigenvalue weighted by atomic mass is 16.6. The topological polar surface area (TPSA) is 69.7 Å². The number of carbonyl (C=O) groups is 3. The van der Waals surface area contributed by atoms with Crippen LogP contribution in [-0.2, 0) is 19.1 Å². The number of hydrogen-bond donors (Lipinski definition) is 0. The number of benzene rings is 1. The Morgan fingerprint density at radius 3 is 2.28 bits per heavy atom. The lowest BCUT2D eigenvalue weighted by Gasteiger charge is -2.26. The molecule has 0 saturated heterocycles. The predicted octanol–water partition coefficient (Wildman–Crippen LogP) is 2.93. The summed E-state index contributed by atoms with van der Waals surface area (Å²) in [6.07, 6.45) is 2.13. The molecule has 0 radical (unpaired) electrons. The summed E-state index contributed by atoms with van der Waals surface area (Å²) in [5.41, 5.74) is -0.592. The fourth-order valence-corrected chi connectivity index (χ4v) is 2.26. The molecule has 0 aliphatic heterocycles. The second kappa shape index (κ2) is 10.1. The van der Waals surface area contributed by atoms with Gasteiger partial charge in [-0.25, -0.2) is 0 Å². The minimum Gasteiger partial charge on any atom is -0.465 e. The molecule has 0 atom stereocenters. The van der Waals surface area contributed by atoms with Crippen LogP contribution in [0.2, 0.25) is 0 Å². The zero-order valence-corrected chi connectivity index (χ0v) is 14.5. The van der Waals surface area contributed by atoms with E-state index >= 15 is 0 Å². The van der Waals surface area contributed by atoms with Crippen molar-refractivity contribution in [1.29, 1.82) is 0 Å². The summed E-state index contributed by atoms with van der Waals surface area (Å²) >= 11 is 0. The monoisotopic (exact) mass is 342 g/mol. The lowest BCUT2D eigenvalue weighted by atomic mass is 9.81. The van der Waals surface area contributed by atoms with Gasteiger partial charge in [0.25, 0.3) is 0 Å². The van der Waals surface area contributed by atoms with Gasteiger partial charge in [-0.1, -0.05) is 36.1 Å². The van der Waals surface area contributed by atoms with Gasteiger partial charge in [-0.15, -0.1) is 6.58 Å². The van der Waals surface area contributed by atoms with Crippen LogP contribution >= 0.6 is 0 Å². The number of esters is 2. The van der Waals surface area contributed by atoms with Crippen LogP contribution in [-0.4, -0.2) is 31.4 Å². The Hall–Kier alpha value is -2.87. The van der Waals surface area contributed by atoms with Gasteiger partial charge < -0.3 is 9.47 Å². The van der Waals surface area contributed by atoms with E-state index < -0.39 is 17.4 Å². The summed E-state index contributed by atoms with van der Waals surface area (Å²) in [6, 6.07) is 6.82. The molecular weight excluding hydrogens is 320 g/mol. The molecule has 25 heavy (non-hydrogen) atoms. The summed E-state index contributed by atoms with van der Waals surface area (Å²) in [5.74, 6) is 4.29. The van der Waals surface area contributed by atoms with E-state index in [1.807, 2.05) is 0 Å². The fraction of sp³-hybridized carbons (Fsp3) is 0.350. The van der Waals surface area contributed by atoms with Gasteiger partial charge in [-0.2, -0.15) is 0 Å². The average Bonchev–Trinajstić information content (AvgIpc) is 2.61. The van der Waals surface area contributed by atoms with Crippen LogP contribution in [0.15, 0.2) is 36.9 Å². The van der Waals surface area contributed by atoms with Crippen molar-refractivity contribution < 1.29 is 23.9 Å². The van der Waals surface area contributed by atoms with Crippen LogP contribution in [0.4, 0.5) is 0 Å². The van der Waals surface area contributed by atoms with E-state index in [0.29, 0.717) is 17.4 Å². The van der Waals surface area contributed by atoms with Crippen LogP contribution in [0.25, 0.3) is 0 Å². The third-order valence-corrected chi connectivity index (χ3v) is 3.53. The Balaban J connectivity index is 3.22. The molecule has 0 N–H and O–H groups in total. The maximum absolute atomic E-state index is 12.4. The van der Waals surface area contributed by atoms with Crippen LogP contribution < -0.4 is 0 Å². The molecule has 5 nitrogen and oxygen atoms in total. The molecule has 0 unspecified atom stereocenters. The van der Waals surface area contributed by atoms with Crippen molar-refractivity contribution in [2.75, 3.05) is 13.2 Å². The molecule has 0 aliphatic carbocycles. The summed E-state index contributed by atoms with van der Waals surface area (Å²) < 4.78 is 10.1. The van der Waals surface area contributed by atoms with Crippen molar-refractivity contribution in [2.45, 2.75) is 26.7 Å². The lowest BCUT2D eigenvalue weighted by Crippen LogP contribution is -2.41. The van der Waals surface area contributed by atoms with Crippen LogP contribution in [0.1, 0.15) is 42.6 Å². The van der Waals surface area contributed by atoms with Gasteiger partial charge in [0.15, 0.2) is 11.7 Å². The normalized spacial score (nSPS) is 10.2. The number of aldehydes is 1. The van der Waals surface area contributed by atoms with E-state index in [9.17, 15) is 14.4 Å². The first-order chi connectivity index (χ1) is 12.1. The second-order valence-electron chi connectivity index (χ2n) is 5.20. The molecule has 0 fully saturated rings. The lowest BCUT2D eigenvalue weighted by molar-refractivity contribution is -0.171. The van der Waals surface area contributed by atoms with E-state index in [2.05, 4.69) is 18.4 Å². The van der Waals surface area contributed by atoms with Gasteiger partial charge in [0.1, 0.15) is 0 Å². The first-order valence-corrected chi connectivity index (χ1v) is 8.04. The standard InChI is InChI=1S/C20H22O5/c1-4-13-20(18(22)24-5-2,19(23)25-6-3)14-9-12-16-10-7-8-11-17(16)15-21/h4,7-8,10-11,15H,1,5-6,13-14H2,2-3H3. The molecule has 1 rings (SSSR count). The minimum atomic E-state index is -1.56. The number of ether oxygens (including phenoxy) is 2. The molecule has 1 aromatic carbocycles. The van der Waals surface area contributed by atoms with E-state index in [1.165, 1.54) is 6.08 Å². The van der Waals surface area contributed by atoms with E-state index in [1.54, 1.807) is 38.1 Å². The summed E-state index contributed by atoms with van der Waals surface area (Å²) in [5, 5.41) is 0. The van der Waals surface area contributed by atoms with E-state index in [-0.39, 0.29) is 26.1 Å². The highest BCUT2D eigenvalue weighted by molar-refractivity contribution is 6.00. The molecule has 132 valence electrons. The fourth-order valence-electron chi connectivity index (χ4n) is 2.26. The zero-order valence-electron chi connectivity index (χ0n) is 14.5. The quantitative estimate of drug-likeness (QED) is 0.239. The van der Waals surface area contributed by atoms with Gasteiger partial charge in [0, 0.05) is 17.5 Å². The molecule has 0 amide bonds. The van der Waals surface area contributed by atoms with Crippen LogP contribution in [0.5, 0.6) is 0 Å². The van der Waals surface area contributed by atoms with Crippen molar-refractivity contribution >= 4 is 18.2 Å². The number of carbonyl (C=O) groups excluding carboxylic acids is 3. The molecule has 0 spiro atoms. The molecule has 5 heteroatoms.